The number of carbonyl (C=O) groups excluding carboxylic acids is 1. The van der Waals surface area contributed by atoms with E-state index in [4.69, 9.17) is 4.74 Å². The van der Waals surface area contributed by atoms with Crippen LogP contribution in [0.15, 0.2) is 67.4 Å². The number of hydrogen-bond donors (Lipinski definition) is 1. The number of pyridine rings is 1. The van der Waals surface area contributed by atoms with Crippen molar-refractivity contribution in [2.45, 2.75) is 6.54 Å². The molecule has 1 N–H and O–H groups in total. The van der Waals surface area contributed by atoms with Crippen LogP contribution < -0.4 is 10.1 Å². The first-order chi connectivity index (χ1) is 11.3. The maximum absolute atomic E-state index is 11.9. The highest BCUT2D eigenvalue weighted by Crippen LogP contribution is 2.11. The third-order valence-corrected chi connectivity index (χ3v) is 3.21. The van der Waals surface area contributed by atoms with Crippen LogP contribution in [0.25, 0.3) is 5.82 Å². The maximum Gasteiger partial charge on any atom is 0.258 e. The van der Waals surface area contributed by atoms with Gasteiger partial charge < -0.3 is 10.1 Å². The normalized spacial score (nSPS) is 10.3. The molecule has 0 saturated carbocycles. The molecule has 0 aliphatic carbocycles. The smallest absolute Gasteiger partial charge is 0.258 e. The maximum atomic E-state index is 11.9. The zero-order valence-corrected chi connectivity index (χ0v) is 12.4. The van der Waals surface area contributed by atoms with E-state index in [2.05, 4.69) is 15.3 Å². The summed E-state index contributed by atoms with van der Waals surface area (Å²) in [5.74, 6) is 1.23. The molecule has 0 radical (unpaired) electrons. The molecule has 0 unspecified atom stereocenters. The number of amides is 1. The van der Waals surface area contributed by atoms with Crippen LogP contribution in [0.5, 0.6) is 5.75 Å². The quantitative estimate of drug-likeness (QED) is 0.756. The number of imidazole rings is 1. The number of nitrogens with zero attached hydrogens (tertiary/aromatic N) is 3. The Hall–Kier alpha value is -3.15. The molecule has 1 aromatic carbocycles. The predicted octanol–water partition coefficient (Wildman–Crippen LogP) is 1.96. The average molecular weight is 308 g/mol. The summed E-state index contributed by atoms with van der Waals surface area (Å²) in [7, 11) is 0. The van der Waals surface area contributed by atoms with Crippen molar-refractivity contribution in [1.82, 2.24) is 19.9 Å². The Morgan fingerprint density at radius 2 is 2.00 bits per heavy atom. The molecule has 6 nitrogen and oxygen atoms in total. The third kappa shape index (κ3) is 3.94. The van der Waals surface area contributed by atoms with Gasteiger partial charge in [-0.1, -0.05) is 24.3 Å². The second-order valence-corrected chi connectivity index (χ2v) is 4.83. The molecule has 2 aromatic heterocycles. The molecule has 23 heavy (non-hydrogen) atoms. The number of aromatic nitrogens is 3. The van der Waals surface area contributed by atoms with Gasteiger partial charge in [-0.2, -0.15) is 0 Å². The first kappa shape index (κ1) is 14.8. The van der Waals surface area contributed by atoms with Gasteiger partial charge in [-0.3, -0.25) is 9.36 Å². The van der Waals surface area contributed by atoms with Crippen LogP contribution in [-0.2, 0) is 11.3 Å². The predicted molar refractivity (Wildman–Crippen MR) is 85.1 cm³/mol. The number of ether oxygens (including phenoxy) is 1. The van der Waals surface area contributed by atoms with Gasteiger partial charge >= 0.3 is 0 Å². The van der Waals surface area contributed by atoms with Crippen LogP contribution in [0.4, 0.5) is 0 Å². The lowest BCUT2D eigenvalue weighted by molar-refractivity contribution is -0.123. The van der Waals surface area contributed by atoms with Crippen LogP contribution in [-0.4, -0.2) is 27.0 Å². The summed E-state index contributed by atoms with van der Waals surface area (Å²) in [6.07, 6.45) is 6.88. The SMILES string of the molecule is O=C(COc1ccccc1)NCc1cccnc1-n1ccnc1. The minimum Gasteiger partial charge on any atom is -0.484 e. The molecule has 0 aliphatic rings. The van der Waals surface area contributed by atoms with Gasteiger partial charge in [0.05, 0.1) is 0 Å². The number of benzene rings is 1. The number of carbonyl (C=O) groups is 1. The molecule has 1 amide bonds. The van der Waals surface area contributed by atoms with E-state index in [1.165, 1.54) is 0 Å². The van der Waals surface area contributed by atoms with E-state index < -0.39 is 0 Å². The van der Waals surface area contributed by atoms with Gasteiger partial charge in [0.25, 0.3) is 5.91 Å². The average Bonchev–Trinajstić information content (AvgIpc) is 3.14. The number of hydrogen-bond acceptors (Lipinski definition) is 4. The highest BCUT2D eigenvalue weighted by Gasteiger charge is 2.08. The van der Waals surface area contributed by atoms with Crippen LogP contribution in [0.1, 0.15) is 5.56 Å². The lowest BCUT2D eigenvalue weighted by Crippen LogP contribution is -2.28. The largest absolute Gasteiger partial charge is 0.484 e. The summed E-state index contributed by atoms with van der Waals surface area (Å²) in [6, 6.07) is 13.0. The molecule has 3 rings (SSSR count). The Morgan fingerprint density at radius 3 is 2.78 bits per heavy atom. The molecule has 0 bridgehead atoms. The van der Waals surface area contributed by atoms with Crippen molar-refractivity contribution in [3.63, 3.8) is 0 Å². The fourth-order valence-electron chi connectivity index (χ4n) is 2.10. The fourth-order valence-corrected chi connectivity index (χ4v) is 2.10. The molecular weight excluding hydrogens is 292 g/mol. The van der Waals surface area contributed by atoms with E-state index in [1.807, 2.05) is 53.2 Å². The summed E-state index contributed by atoms with van der Waals surface area (Å²) >= 11 is 0. The van der Waals surface area contributed by atoms with Crippen molar-refractivity contribution >= 4 is 5.91 Å². The van der Waals surface area contributed by atoms with E-state index in [9.17, 15) is 4.79 Å². The van der Waals surface area contributed by atoms with E-state index in [-0.39, 0.29) is 12.5 Å². The second kappa shape index (κ2) is 7.22. The Balaban J connectivity index is 1.57. The summed E-state index contributed by atoms with van der Waals surface area (Å²) < 4.78 is 7.22. The van der Waals surface area contributed by atoms with Crippen molar-refractivity contribution in [2.75, 3.05) is 6.61 Å². The minimum atomic E-state index is -0.186. The zero-order chi connectivity index (χ0) is 15.9. The third-order valence-electron chi connectivity index (χ3n) is 3.21. The van der Waals surface area contributed by atoms with Crippen LogP contribution in [0, 0.1) is 0 Å². The number of nitrogens with one attached hydrogen (secondary N) is 1. The molecule has 3 aromatic rings. The Kier molecular flexibility index (Phi) is 4.63. The summed E-state index contributed by atoms with van der Waals surface area (Å²) in [5.41, 5.74) is 0.901. The molecular formula is C17H16N4O2. The van der Waals surface area contributed by atoms with Gasteiger partial charge in [-0.05, 0) is 18.2 Å². The molecule has 0 saturated heterocycles. The monoisotopic (exact) mass is 308 g/mol. The Bertz CT molecular complexity index is 757. The van der Waals surface area contributed by atoms with E-state index in [0.717, 1.165) is 11.4 Å². The van der Waals surface area contributed by atoms with Gasteiger partial charge in [-0.25, -0.2) is 9.97 Å². The highest BCUT2D eigenvalue weighted by molar-refractivity contribution is 5.77. The second-order valence-electron chi connectivity index (χ2n) is 4.83. The minimum absolute atomic E-state index is 0.0231. The molecule has 116 valence electrons. The van der Waals surface area contributed by atoms with E-state index >= 15 is 0 Å². The summed E-state index contributed by atoms with van der Waals surface area (Å²) in [4.78, 5) is 20.3. The standard InChI is InChI=1S/C17H16N4O2/c22-16(12-23-15-6-2-1-3-7-15)20-11-14-5-4-8-19-17(14)21-10-9-18-13-21/h1-10,13H,11-12H2,(H,20,22). The van der Waals surface area contributed by atoms with Crippen molar-refractivity contribution < 1.29 is 9.53 Å². The fraction of sp³-hybridized carbons (Fsp3) is 0.118. The lowest BCUT2D eigenvalue weighted by atomic mass is 10.2. The van der Waals surface area contributed by atoms with Gasteiger partial charge in [0.1, 0.15) is 17.9 Å². The van der Waals surface area contributed by atoms with Crippen molar-refractivity contribution in [3.8, 4) is 11.6 Å². The van der Waals surface area contributed by atoms with Gasteiger partial charge in [-0.15, -0.1) is 0 Å². The number of para-hydroxylation sites is 1. The summed E-state index contributed by atoms with van der Waals surface area (Å²) in [6.45, 7) is 0.350. The summed E-state index contributed by atoms with van der Waals surface area (Å²) in [5, 5.41) is 2.83. The van der Waals surface area contributed by atoms with Crippen molar-refractivity contribution in [2.24, 2.45) is 0 Å². The van der Waals surface area contributed by atoms with E-state index in [1.54, 1.807) is 18.7 Å². The van der Waals surface area contributed by atoms with Crippen LogP contribution in [0.2, 0.25) is 0 Å². The molecule has 2 heterocycles. The molecule has 0 atom stereocenters. The van der Waals surface area contributed by atoms with Gasteiger partial charge in [0.2, 0.25) is 0 Å². The topological polar surface area (TPSA) is 69.0 Å². The first-order valence-corrected chi connectivity index (χ1v) is 7.20. The number of rotatable bonds is 6. The highest BCUT2D eigenvalue weighted by atomic mass is 16.5. The first-order valence-electron chi connectivity index (χ1n) is 7.20. The Labute approximate surface area is 133 Å². The molecule has 0 aliphatic heterocycles. The van der Waals surface area contributed by atoms with Crippen molar-refractivity contribution in [3.05, 3.63) is 72.9 Å². The molecule has 0 spiro atoms. The van der Waals surface area contributed by atoms with Gasteiger partial charge in [0, 0.05) is 30.7 Å². The van der Waals surface area contributed by atoms with E-state index in [0.29, 0.717) is 12.3 Å². The molecule has 0 fully saturated rings. The lowest BCUT2D eigenvalue weighted by Gasteiger charge is -2.10. The van der Waals surface area contributed by atoms with Crippen molar-refractivity contribution in [1.29, 1.82) is 0 Å². The Morgan fingerprint density at radius 1 is 1.13 bits per heavy atom. The van der Waals surface area contributed by atoms with Gasteiger partial charge in [0.15, 0.2) is 6.61 Å². The van der Waals surface area contributed by atoms with Crippen LogP contribution >= 0.6 is 0 Å². The zero-order valence-electron chi connectivity index (χ0n) is 12.4. The molecule has 6 heteroatoms. The van der Waals surface area contributed by atoms with Crippen LogP contribution in [0.3, 0.4) is 0 Å².